The molecular weight excluding hydrogens is 310 g/mol. The van der Waals surface area contributed by atoms with Gasteiger partial charge in [-0.2, -0.15) is 5.10 Å². The van der Waals surface area contributed by atoms with E-state index in [1.165, 1.54) is 4.90 Å². The van der Waals surface area contributed by atoms with Gasteiger partial charge in [0.1, 0.15) is 0 Å². The highest BCUT2D eigenvalue weighted by molar-refractivity contribution is 6.21. The number of aryl methyl sites for hydroxylation is 1. The number of carbonyl (C=O) groups excluding carboxylic acids is 3. The molecule has 24 heavy (non-hydrogen) atoms. The zero-order valence-corrected chi connectivity index (χ0v) is 13.5. The zero-order chi connectivity index (χ0) is 17.3. The molecule has 0 atom stereocenters. The first kappa shape index (κ1) is 15.9. The summed E-state index contributed by atoms with van der Waals surface area (Å²) in [6.07, 6.45) is 0.411. The monoisotopic (exact) mass is 327 g/mol. The summed E-state index contributed by atoms with van der Waals surface area (Å²) in [7, 11) is 1.71. The molecule has 2 heterocycles. The Morgan fingerprint density at radius 3 is 2.38 bits per heavy atom. The molecule has 3 rings (SSSR count). The van der Waals surface area contributed by atoms with Crippen molar-refractivity contribution in [2.75, 3.05) is 13.2 Å². The standard InChI is InChI=1S/C17H17N3O4/c1-3-24-17(23)14-10-11(19(2)18-14)8-9-20-15(21)12-6-4-5-7-13(12)16(20)22/h4-7,10H,3,8-9H2,1-2H3. The quantitative estimate of drug-likeness (QED) is 0.613. The summed E-state index contributed by atoms with van der Waals surface area (Å²) in [4.78, 5) is 37.6. The van der Waals surface area contributed by atoms with Gasteiger partial charge in [0.2, 0.25) is 0 Å². The van der Waals surface area contributed by atoms with Crippen LogP contribution in [0.25, 0.3) is 0 Å². The lowest BCUT2D eigenvalue weighted by atomic mass is 10.1. The Labute approximate surface area is 138 Å². The molecule has 0 aliphatic carbocycles. The van der Waals surface area contributed by atoms with Gasteiger partial charge in [-0.1, -0.05) is 12.1 Å². The van der Waals surface area contributed by atoms with E-state index < -0.39 is 5.97 Å². The maximum Gasteiger partial charge on any atom is 0.358 e. The number of hydrogen-bond donors (Lipinski definition) is 0. The predicted octanol–water partition coefficient (Wildman–Crippen LogP) is 1.44. The summed E-state index contributed by atoms with van der Waals surface area (Å²) < 4.78 is 6.48. The van der Waals surface area contributed by atoms with Crippen LogP contribution in [-0.4, -0.2) is 45.6 Å². The van der Waals surface area contributed by atoms with Crippen molar-refractivity contribution in [2.24, 2.45) is 7.05 Å². The van der Waals surface area contributed by atoms with Gasteiger partial charge in [0, 0.05) is 25.7 Å². The number of fused-ring (bicyclic) bond motifs is 1. The van der Waals surface area contributed by atoms with Gasteiger partial charge >= 0.3 is 5.97 Å². The topological polar surface area (TPSA) is 81.5 Å². The summed E-state index contributed by atoms with van der Waals surface area (Å²) in [6.45, 7) is 2.23. The highest BCUT2D eigenvalue weighted by atomic mass is 16.5. The minimum Gasteiger partial charge on any atom is -0.461 e. The van der Waals surface area contributed by atoms with Crippen LogP contribution >= 0.6 is 0 Å². The Morgan fingerprint density at radius 1 is 1.17 bits per heavy atom. The fourth-order valence-electron chi connectivity index (χ4n) is 2.71. The van der Waals surface area contributed by atoms with Gasteiger partial charge in [-0.05, 0) is 25.1 Å². The van der Waals surface area contributed by atoms with E-state index in [0.29, 0.717) is 17.5 Å². The van der Waals surface area contributed by atoms with Gasteiger partial charge in [-0.3, -0.25) is 19.2 Å². The number of aromatic nitrogens is 2. The molecular formula is C17H17N3O4. The molecule has 7 heteroatoms. The second-order valence-corrected chi connectivity index (χ2v) is 5.42. The van der Waals surface area contributed by atoms with Crippen molar-refractivity contribution in [3.63, 3.8) is 0 Å². The fourth-order valence-corrected chi connectivity index (χ4v) is 2.71. The van der Waals surface area contributed by atoms with Crippen LogP contribution in [0, 0.1) is 0 Å². The van der Waals surface area contributed by atoms with Gasteiger partial charge in [0.15, 0.2) is 5.69 Å². The Bertz CT molecular complexity index is 790. The zero-order valence-electron chi connectivity index (χ0n) is 13.5. The highest BCUT2D eigenvalue weighted by Crippen LogP contribution is 2.22. The molecule has 1 aliphatic heterocycles. The number of nitrogens with zero attached hydrogens (tertiary/aromatic N) is 3. The van der Waals surface area contributed by atoms with Crippen LogP contribution in [0.3, 0.4) is 0 Å². The molecule has 0 saturated heterocycles. The molecule has 2 aromatic rings. The molecule has 0 spiro atoms. The van der Waals surface area contributed by atoms with E-state index in [9.17, 15) is 14.4 Å². The highest BCUT2D eigenvalue weighted by Gasteiger charge is 2.34. The van der Waals surface area contributed by atoms with Crippen molar-refractivity contribution in [3.8, 4) is 0 Å². The first-order valence-electron chi connectivity index (χ1n) is 7.68. The number of esters is 1. The largest absolute Gasteiger partial charge is 0.461 e. The molecule has 2 amide bonds. The van der Waals surface area contributed by atoms with E-state index in [1.54, 1.807) is 49.0 Å². The number of hydrogen-bond acceptors (Lipinski definition) is 5. The number of amides is 2. The Balaban J connectivity index is 1.72. The molecule has 1 aromatic heterocycles. The van der Waals surface area contributed by atoms with Crippen molar-refractivity contribution >= 4 is 17.8 Å². The van der Waals surface area contributed by atoms with Crippen LogP contribution in [0.4, 0.5) is 0 Å². The molecule has 0 bridgehead atoms. The third-order valence-electron chi connectivity index (χ3n) is 3.93. The minimum atomic E-state index is -0.486. The van der Waals surface area contributed by atoms with E-state index in [4.69, 9.17) is 4.74 Å². The SMILES string of the molecule is CCOC(=O)c1cc(CCN2C(=O)c3ccccc3C2=O)n(C)n1. The Kier molecular flexibility index (Phi) is 4.16. The second kappa shape index (κ2) is 6.27. The normalized spacial score (nSPS) is 13.3. The fraction of sp³-hybridized carbons (Fsp3) is 0.294. The third-order valence-corrected chi connectivity index (χ3v) is 3.93. The van der Waals surface area contributed by atoms with E-state index in [-0.39, 0.29) is 30.7 Å². The maximum atomic E-state index is 12.3. The predicted molar refractivity (Wildman–Crippen MR) is 84.7 cm³/mol. The summed E-state index contributed by atoms with van der Waals surface area (Å²) in [5.74, 6) is -1.06. The number of rotatable bonds is 5. The first-order chi connectivity index (χ1) is 11.5. The maximum absolute atomic E-state index is 12.3. The van der Waals surface area contributed by atoms with E-state index >= 15 is 0 Å². The van der Waals surface area contributed by atoms with Crippen LogP contribution in [0.2, 0.25) is 0 Å². The summed E-state index contributed by atoms with van der Waals surface area (Å²) in [5.41, 5.74) is 1.82. The van der Waals surface area contributed by atoms with E-state index in [0.717, 1.165) is 5.69 Å². The van der Waals surface area contributed by atoms with Crippen LogP contribution in [0.1, 0.15) is 43.8 Å². The van der Waals surface area contributed by atoms with Crippen molar-refractivity contribution < 1.29 is 19.1 Å². The molecule has 0 N–H and O–H groups in total. The second-order valence-electron chi connectivity index (χ2n) is 5.42. The van der Waals surface area contributed by atoms with Crippen LogP contribution in [0.5, 0.6) is 0 Å². The molecule has 1 aliphatic rings. The molecule has 7 nitrogen and oxygen atoms in total. The van der Waals surface area contributed by atoms with Crippen molar-refractivity contribution in [3.05, 3.63) is 52.8 Å². The van der Waals surface area contributed by atoms with Gasteiger partial charge < -0.3 is 4.74 Å². The lowest BCUT2D eigenvalue weighted by Crippen LogP contribution is -2.32. The van der Waals surface area contributed by atoms with Crippen molar-refractivity contribution in [2.45, 2.75) is 13.3 Å². The summed E-state index contributed by atoms with van der Waals surface area (Å²) in [6, 6.07) is 8.40. The lowest BCUT2D eigenvalue weighted by molar-refractivity contribution is 0.0517. The smallest absolute Gasteiger partial charge is 0.358 e. The average molecular weight is 327 g/mol. The minimum absolute atomic E-state index is 0.219. The van der Waals surface area contributed by atoms with Gasteiger partial charge in [0.25, 0.3) is 11.8 Å². The van der Waals surface area contributed by atoms with Crippen LogP contribution < -0.4 is 0 Å². The molecule has 124 valence electrons. The Hall–Kier alpha value is -2.96. The molecule has 0 radical (unpaired) electrons. The molecule has 0 unspecified atom stereocenters. The summed E-state index contributed by atoms with van der Waals surface area (Å²) in [5, 5.41) is 4.11. The van der Waals surface area contributed by atoms with Gasteiger partial charge in [-0.15, -0.1) is 0 Å². The number of benzene rings is 1. The molecule has 0 saturated carbocycles. The van der Waals surface area contributed by atoms with Crippen molar-refractivity contribution in [1.82, 2.24) is 14.7 Å². The number of imide groups is 1. The lowest BCUT2D eigenvalue weighted by Gasteiger charge is -2.13. The van der Waals surface area contributed by atoms with Gasteiger partial charge in [-0.25, -0.2) is 4.79 Å². The van der Waals surface area contributed by atoms with Crippen LogP contribution in [-0.2, 0) is 18.2 Å². The third kappa shape index (κ3) is 2.68. The van der Waals surface area contributed by atoms with Crippen LogP contribution in [0.15, 0.2) is 30.3 Å². The van der Waals surface area contributed by atoms with Gasteiger partial charge in [0.05, 0.1) is 17.7 Å². The average Bonchev–Trinajstić information content (AvgIpc) is 3.06. The van der Waals surface area contributed by atoms with E-state index in [2.05, 4.69) is 5.10 Å². The summed E-state index contributed by atoms with van der Waals surface area (Å²) >= 11 is 0. The Morgan fingerprint density at radius 2 is 1.79 bits per heavy atom. The number of ether oxygens (including phenoxy) is 1. The molecule has 0 fully saturated rings. The van der Waals surface area contributed by atoms with Crippen molar-refractivity contribution in [1.29, 1.82) is 0 Å². The van der Waals surface area contributed by atoms with E-state index in [1.807, 2.05) is 0 Å². The number of carbonyl (C=O) groups is 3. The first-order valence-corrected chi connectivity index (χ1v) is 7.68. The molecule has 1 aromatic carbocycles.